The second-order valence-corrected chi connectivity index (χ2v) is 6.92. The van der Waals surface area contributed by atoms with Crippen LogP contribution in [-0.4, -0.2) is 33.8 Å². The fourth-order valence-electron chi connectivity index (χ4n) is 1.44. The minimum Gasteiger partial charge on any atom is -0.314 e. The summed E-state index contributed by atoms with van der Waals surface area (Å²) in [5, 5.41) is 3.76. The number of rotatable bonds is 1. The number of hydrogen-bond acceptors (Lipinski definition) is 4. The Labute approximate surface area is 97.9 Å². The maximum Gasteiger partial charge on any atom is 0.237 e. The Morgan fingerprint density at radius 1 is 1.40 bits per heavy atom. The van der Waals surface area contributed by atoms with Crippen molar-refractivity contribution < 1.29 is 8.42 Å². The van der Waals surface area contributed by atoms with Gasteiger partial charge in [-0.2, -0.15) is 0 Å². The maximum atomic E-state index is 11.9. The van der Waals surface area contributed by atoms with E-state index < -0.39 is 10.0 Å². The van der Waals surface area contributed by atoms with Crippen LogP contribution < -0.4 is 9.62 Å². The van der Waals surface area contributed by atoms with Crippen LogP contribution in [0.1, 0.15) is 0 Å². The average Bonchev–Trinajstić information content (AvgIpc) is 2.49. The molecule has 0 aliphatic carbocycles. The lowest BCUT2D eigenvalue weighted by atomic mass is 10.5. The molecule has 0 unspecified atom stereocenters. The fourth-order valence-corrected chi connectivity index (χ4v) is 4.19. The first-order chi connectivity index (χ1) is 7.09. The quantitative estimate of drug-likeness (QED) is 0.829. The van der Waals surface area contributed by atoms with E-state index in [9.17, 15) is 8.42 Å². The lowest BCUT2D eigenvalue weighted by Gasteiger charge is -2.19. The number of nitrogens with zero attached hydrogens (tertiary/aromatic N) is 1. The van der Waals surface area contributed by atoms with Crippen LogP contribution in [0.5, 0.6) is 0 Å². The van der Waals surface area contributed by atoms with Crippen molar-refractivity contribution in [3.8, 4) is 0 Å². The summed E-state index contributed by atoms with van der Waals surface area (Å²) in [4.78, 5) is 0. The maximum absolute atomic E-state index is 11.9. The van der Waals surface area contributed by atoms with E-state index in [1.807, 2.05) is 0 Å². The molecule has 1 aliphatic rings. The first-order valence-electron chi connectivity index (χ1n) is 4.56. The summed E-state index contributed by atoms with van der Waals surface area (Å²) in [5.74, 6) is 0.141. The summed E-state index contributed by atoms with van der Waals surface area (Å²) < 4.78 is 25.8. The van der Waals surface area contributed by atoms with Crippen molar-refractivity contribution >= 4 is 38.0 Å². The van der Waals surface area contributed by atoms with E-state index in [0.717, 1.165) is 0 Å². The Morgan fingerprint density at radius 2 is 2.20 bits per heavy atom. The molecule has 15 heavy (non-hydrogen) atoms. The molecule has 4 nitrogen and oxygen atoms in total. The standard InChI is InChI=1S/C8H11ClN2O2S2/c9-7-1-2-8(14-7)11-5-3-10-4-6-15(11,12)13/h1-2,10H,3-6H2. The highest BCUT2D eigenvalue weighted by molar-refractivity contribution is 7.93. The molecule has 2 rings (SSSR count). The van der Waals surface area contributed by atoms with Gasteiger partial charge in [0.1, 0.15) is 5.00 Å². The highest BCUT2D eigenvalue weighted by atomic mass is 35.5. The van der Waals surface area contributed by atoms with Crippen LogP contribution in [0.2, 0.25) is 4.34 Å². The third-order valence-corrected chi connectivity index (χ3v) is 5.31. The van der Waals surface area contributed by atoms with E-state index >= 15 is 0 Å². The first-order valence-corrected chi connectivity index (χ1v) is 7.36. The van der Waals surface area contributed by atoms with Gasteiger partial charge in [-0.25, -0.2) is 8.42 Å². The Kier molecular flexibility index (Phi) is 3.20. The van der Waals surface area contributed by atoms with E-state index in [4.69, 9.17) is 11.6 Å². The van der Waals surface area contributed by atoms with Crippen LogP contribution in [0.4, 0.5) is 5.00 Å². The van der Waals surface area contributed by atoms with Crippen molar-refractivity contribution in [1.29, 1.82) is 0 Å². The Morgan fingerprint density at radius 3 is 2.87 bits per heavy atom. The topological polar surface area (TPSA) is 49.4 Å². The molecular formula is C8H11ClN2O2S2. The van der Waals surface area contributed by atoms with Crippen LogP contribution in [-0.2, 0) is 10.0 Å². The predicted octanol–water partition coefficient (Wildman–Crippen LogP) is 1.14. The van der Waals surface area contributed by atoms with Crippen molar-refractivity contribution in [3.05, 3.63) is 16.5 Å². The summed E-state index contributed by atoms with van der Waals surface area (Å²) in [6.07, 6.45) is 0. The number of anilines is 1. The lowest BCUT2D eigenvalue weighted by molar-refractivity contribution is 0.594. The van der Waals surface area contributed by atoms with Gasteiger partial charge < -0.3 is 5.32 Å². The van der Waals surface area contributed by atoms with Crippen molar-refractivity contribution in [2.45, 2.75) is 0 Å². The zero-order valence-electron chi connectivity index (χ0n) is 7.94. The minimum atomic E-state index is -3.18. The molecule has 1 aromatic rings. The minimum absolute atomic E-state index is 0.141. The van der Waals surface area contributed by atoms with E-state index in [1.165, 1.54) is 15.6 Å². The fraction of sp³-hybridized carbons (Fsp3) is 0.500. The van der Waals surface area contributed by atoms with E-state index in [2.05, 4.69) is 5.32 Å². The second kappa shape index (κ2) is 4.29. The van der Waals surface area contributed by atoms with Gasteiger partial charge in [0.25, 0.3) is 0 Å². The summed E-state index contributed by atoms with van der Waals surface area (Å²) >= 11 is 7.09. The molecule has 0 spiro atoms. The molecule has 0 bridgehead atoms. The number of sulfonamides is 1. The molecular weight excluding hydrogens is 256 g/mol. The van der Waals surface area contributed by atoms with Gasteiger partial charge in [-0.15, -0.1) is 11.3 Å². The van der Waals surface area contributed by atoms with Crippen LogP contribution in [0, 0.1) is 0 Å². The van der Waals surface area contributed by atoms with Crippen molar-refractivity contribution in [2.24, 2.45) is 0 Å². The number of thiophene rings is 1. The molecule has 1 N–H and O–H groups in total. The summed E-state index contributed by atoms with van der Waals surface area (Å²) in [6.45, 7) is 1.66. The van der Waals surface area contributed by atoms with E-state index in [-0.39, 0.29) is 5.75 Å². The summed E-state index contributed by atoms with van der Waals surface area (Å²) in [7, 11) is -3.18. The van der Waals surface area contributed by atoms with Gasteiger partial charge in [0.15, 0.2) is 0 Å². The normalized spacial score (nSPS) is 21.3. The highest BCUT2D eigenvalue weighted by Gasteiger charge is 2.25. The van der Waals surface area contributed by atoms with Gasteiger partial charge in [-0.3, -0.25) is 4.31 Å². The van der Waals surface area contributed by atoms with Gasteiger partial charge in [0.2, 0.25) is 10.0 Å². The monoisotopic (exact) mass is 266 g/mol. The van der Waals surface area contributed by atoms with E-state index in [0.29, 0.717) is 29.0 Å². The zero-order chi connectivity index (χ0) is 10.9. The molecule has 2 heterocycles. The van der Waals surface area contributed by atoms with Gasteiger partial charge in [-0.05, 0) is 12.1 Å². The van der Waals surface area contributed by atoms with Crippen molar-refractivity contribution in [2.75, 3.05) is 29.7 Å². The molecule has 0 saturated carbocycles. The number of nitrogens with one attached hydrogen (secondary N) is 1. The van der Waals surface area contributed by atoms with E-state index in [1.54, 1.807) is 12.1 Å². The second-order valence-electron chi connectivity index (χ2n) is 3.22. The zero-order valence-corrected chi connectivity index (χ0v) is 10.3. The highest BCUT2D eigenvalue weighted by Crippen LogP contribution is 2.31. The van der Waals surface area contributed by atoms with Crippen LogP contribution in [0.25, 0.3) is 0 Å². The third kappa shape index (κ3) is 2.44. The Hall–Kier alpha value is -0.300. The molecule has 1 aromatic heterocycles. The molecule has 1 fully saturated rings. The summed E-state index contributed by atoms with van der Waals surface area (Å²) in [6, 6.07) is 3.46. The third-order valence-electron chi connectivity index (χ3n) is 2.17. The molecule has 0 radical (unpaired) electrons. The van der Waals surface area contributed by atoms with Crippen LogP contribution in [0.3, 0.4) is 0 Å². The van der Waals surface area contributed by atoms with Gasteiger partial charge >= 0.3 is 0 Å². The Bertz CT molecular complexity index is 443. The van der Waals surface area contributed by atoms with Crippen molar-refractivity contribution in [3.63, 3.8) is 0 Å². The van der Waals surface area contributed by atoms with Crippen LogP contribution in [0.15, 0.2) is 12.1 Å². The number of hydrogen-bond donors (Lipinski definition) is 1. The molecule has 0 atom stereocenters. The van der Waals surface area contributed by atoms with Gasteiger partial charge in [-0.1, -0.05) is 11.6 Å². The summed E-state index contributed by atoms with van der Waals surface area (Å²) in [5.41, 5.74) is 0. The smallest absolute Gasteiger partial charge is 0.237 e. The van der Waals surface area contributed by atoms with Gasteiger partial charge in [0, 0.05) is 19.6 Å². The average molecular weight is 267 g/mol. The largest absolute Gasteiger partial charge is 0.314 e. The molecule has 1 saturated heterocycles. The lowest BCUT2D eigenvalue weighted by Crippen LogP contribution is -2.32. The number of halogens is 1. The first kappa shape index (κ1) is 11.2. The molecule has 84 valence electrons. The molecule has 7 heteroatoms. The molecule has 1 aliphatic heterocycles. The van der Waals surface area contributed by atoms with Gasteiger partial charge in [0.05, 0.1) is 10.1 Å². The molecule has 0 aromatic carbocycles. The van der Waals surface area contributed by atoms with Crippen molar-refractivity contribution in [1.82, 2.24) is 5.32 Å². The SMILES string of the molecule is O=S1(=O)CCNCCN1c1ccc(Cl)s1. The molecule has 0 amide bonds. The van der Waals surface area contributed by atoms with Crippen LogP contribution >= 0.6 is 22.9 Å². The predicted molar refractivity (Wildman–Crippen MR) is 63.3 cm³/mol. The Balaban J connectivity index is 2.33.